The Labute approximate surface area is 303 Å². The molecule has 3 aliphatic heterocycles. The minimum atomic E-state index is -2.51. The first-order valence-corrected chi connectivity index (χ1v) is 18.6. The molecular formula is C39H42O14. The van der Waals surface area contributed by atoms with Crippen molar-refractivity contribution in [1.29, 1.82) is 0 Å². The normalized spacial score (nSPS) is 51.7. The molecule has 5 saturated carbocycles. The summed E-state index contributed by atoms with van der Waals surface area (Å²) >= 11 is 0. The van der Waals surface area contributed by atoms with E-state index in [1.165, 1.54) is 19.9 Å². The smallest absolute Gasteiger partial charge is 0.338 e. The summed E-state index contributed by atoms with van der Waals surface area (Å²) in [5, 5.41) is 50.2. The molecule has 282 valence electrons. The van der Waals surface area contributed by atoms with Crippen LogP contribution in [0.15, 0.2) is 45.1 Å². The van der Waals surface area contributed by atoms with Crippen molar-refractivity contribution < 1.29 is 68.1 Å². The van der Waals surface area contributed by atoms with Crippen molar-refractivity contribution in [1.82, 2.24) is 0 Å². The number of aliphatic hydroxyl groups is 4. The zero-order valence-electron chi connectivity index (χ0n) is 29.9. The summed E-state index contributed by atoms with van der Waals surface area (Å²) in [5.41, 5.74) is -5.72. The Bertz CT molecular complexity index is 2020. The molecule has 0 amide bonds. The van der Waals surface area contributed by atoms with E-state index in [0.717, 1.165) is 0 Å². The molecule has 4 N–H and O–H groups in total. The topological polar surface area (TPSA) is 212 Å². The summed E-state index contributed by atoms with van der Waals surface area (Å²) in [7, 11) is 0. The third kappa shape index (κ3) is 3.67. The van der Waals surface area contributed by atoms with Gasteiger partial charge in [-0.1, -0.05) is 13.8 Å². The highest BCUT2D eigenvalue weighted by Crippen LogP contribution is 2.84. The fourth-order valence-electron chi connectivity index (χ4n) is 13.2. The number of ether oxygens (including phenoxy) is 5. The summed E-state index contributed by atoms with van der Waals surface area (Å²) in [4.78, 5) is 66.3. The SMILES string of the molecule is CC1=C2C3=C4C(O)(CC5C36OC(=O)C3=C6CC6C(O)(COC(=O)/C(C)=C\COC(=O)CCC(=O)OC3)C3CC3C56C)C3CC3C4(C)C(O)C2(O)OC1=O. The second kappa shape index (κ2) is 9.87. The van der Waals surface area contributed by atoms with Crippen LogP contribution in [0.1, 0.15) is 66.2 Å². The minimum Gasteiger partial charge on any atom is -0.461 e. The first kappa shape index (κ1) is 33.7. The summed E-state index contributed by atoms with van der Waals surface area (Å²) in [5.74, 6) is -8.71. The number of cyclic esters (lactones) is 3. The summed E-state index contributed by atoms with van der Waals surface area (Å²) < 4.78 is 28.8. The second-order valence-corrected chi connectivity index (χ2v) is 17.6. The van der Waals surface area contributed by atoms with E-state index in [4.69, 9.17) is 23.7 Å². The van der Waals surface area contributed by atoms with Crippen LogP contribution in [0.25, 0.3) is 0 Å². The molecule has 5 fully saturated rings. The van der Waals surface area contributed by atoms with Crippen molar-refractivity contribution in [3.8, 4) is 0 Å². The van der Waals surface area contributed by atoms with Gasteiger partial charge in [0.05, 0.1) is 24.0 Å². The van der Waals surface area contributed by atoms with Crippen LogP contribution in [0, 0.1) is 46.3 Å². The van der Waals surface area contributed by atoms with Gasteiger partial charge in [0.25, 0.3) is 5.79 Å². The lowest BCUT2D eigenvalue weighted by Crippen LogP contribution is -2.69. The van der Waals surface area contributed by atoms with Gasteiger partial charge in [-0.05, 0) is 85.8 Å². The minimum absolute atomic E-state index is 0.00694. The summed E-state index contributed by atoms with van der Waals surface area (Å²) in [6.07, 6.45) is 0.362. The summed E-state index contributed by atoms with van der Waals surface area (Å²) in [6.45, 7) is 5.65. The largest absolute Gasteiger partial charge is 0.461 e. The first-order valence-electron chi connectivity index (χ1n) is 18.6. The first-order chi connectivity index (χ1) is 24.9. The molecule has 0 radical (unpaired) electrons. The van der Waals surface area contributed by atoms with Crippen molar-refractivity contribution >= 4 is 29.8 Å². The molecule has 0 aromatic heterocycles. The van der Waals surface area contributed by atoms with Crippen LogP contribution in [0.2, 0.25) is 0 Å². The van der Waals surface area contributed by atoms with Crippen LogP contribution in [-0.2, 0) is 47.7 Å². The van der Waals surface area contributed by atoms with Gasteiger partial charge in [-0.15, -0.1) is 0 Å². The van der Waals surface area contributed by atoms with E-state index < -0.39 is 87.8 Å². The second-order valence-electron chi connectivity index (χ2n) is 17.6. The fourth-order valence-corrected chi connectivity index (χ4v) is 13.2. The van der Waals surface area contributed by atoms with Crippen molar-refractivity contribution in [3.63, 3.8) is 0 Å². The number of esters is 5. The van der Waals surface area contributed by atoms with Gasteiger partial charge >= 0.3 is 29.8 Å². The maximum atomic E-state index is 14.4. The molecule has 13 atom stereocenters. The van der Waals surface area contributed by atoms with E-state index in [0.29, 0.717) is 24.0 Å². The number of rotatable bonds is 0. The summed E-state index contributed by atoms with van der Waals surface area (Å²) in [6, 6.07) is 0. The van der Waals surface area contributed by atoms with Crippen molar-refractivity contribution in [2.45, 2.75) is 94.9 Å². The van der Waals surface area contributed by atoms with Crippen molar-refractivity contribution in [3.05, 3.63) is 45.1 Å². The van der Waals surface area contributed by atoms with Crippen LogP contribution in [0.3, 0.4) is 0 Å². The third-order valence-corrected chi connectivity index (χ3v) is 15.6. The molecular weight excluding hydrogens is 692 g/mol. The Balaban J connectivity index is 1.21. The molecule has 2 bridgehead atoms. The molecule has 3 heterocycles. The number of fused-ring (bicyclic) bond motifs is 9. The molecule has 0 saturated heterocycles. The van der Waals surface area contributed by atoms with Gasteiger partial charge in [-0.3, -0.25) is 9.59 Å². The zero-order chi connectivity index (χ0) is 37.6. The van der Waals surface area contributed by atoms with E-state index in [-0.39, 0.29) is 90.4 Å². The fraction of sp³-hybridized carbons (Fsp3) is 0.667. The highest BCUT2D eigenvalue weighted by atomic mass is 16.7. The maximum Gasteiger partial charge on any atom is 0.338 e. The van der Waals surface area contributed by atoms with Crippen LogP contribution in [-0.4, -0.2) is 98.8 Å². The van der Waals surface area contributed by atoms with Crippen molar-refractivity contribution in [2.24, 2.45) is 46.3 Å². The highest BCUT2D eigenvalue weighted by Gasteiger charge is 2.87. The number of hydrogen-bond acceptors (Lipinski definition) is 14. The van der Waals surface area contributed by atoms with Gasteiger partial charge in [0.2, 0.25) is 0 Å². The molecule has 0 aromatic carbocycles. The van der Waals surface area contributed by atoms with Gasteiger partial charge < -0.3 is 44.1 Å². The van der Waals surface area contributed by atoms with E-state index in [9.17, 15) is 44.4 Å². The molecule has 14 nitrogen and oxygen atoms in total. The van der Waals surface area contributed by atoms with E-state index in [1.54, 1.807) is 6.92 Å². The Morgan fingerprint density at radius 2 is 1.47 bits per heavy atom. The van der Waals surface area contributed by atoms with E-state index >= 15 is 0 Å². The average Bonchev–Trinajstić information content (AvgIpc) is 4.01. The van der Waals surface area contributed by atoms with E-state index in [2.05, 4.69) is 0 Å². The highest BCUT2D eigenvalue weighted by molar-refractivity contribution is 5.98. The van der Waals surface area contributed by atoms with Gasteiger partial charge in [-0.25, -0.2) is 14.4 Å². The van der Waals surface area contributed by atoms with Crippen molar-refractivity contribution in [2.75, 3.05) is 19.8 Å². The van der Waals surface area contributed by atoms with Gasteiger partial charge in [-0.2, -0.15) is 0 Å². The van der Waals surface area contributed by atoms with E-state index in [1.807, 2.05) is 6.92 Å². The maximum absolute atomic E-state index is 14.4. The predicted octanol–water partition coefficient (Wildman–Crippen LogP) is 0.995. The van der Waals surface area contributed by atoms with Crippen LogP contribution < -0.4 is 0 Å². The lowest BCUT2D eigenvalue weighted by Gasteiger charge is -2.64. The Morgan fingerprint density at radius 3 is 2.21 bits per heavy atom. The Hall–Kier alpha value is -3.85. The molecule has 13 unspecified atom stereocenters. The number of carbonyl (C=O) groups is 5. The quantitative estimate of drug-likeness (QED) is 0.202. The number of aliphatic hydroxyl groups excluding tert-OH is 1. The van der Waals surface area contributed by atoms with Gasteiger partial charge in [0, 0.05) is 39.5 Å². The zero-order valence-corrected chi connectivity index (χ0v) is 29.9. The Morgan fingerprint density at radius 1 is 0.774 bits per heavy atom. The van der Waals surface area contributed by atoms with Gasteiger partial charge in [0.15, 0.2) is 5.60 Å². The lowest BCUT2D eigenvalue weighted by atomic mass is 9.42. The monoisotopic (exact) mass is 734 g/mol. The Kier molecular flexibility index (Phi) is 6.27. The molecule has 7 aliphatic carbocycles. The van der Waals surface area contributed by atoms with Gasteiger partial charge in [0.1, 0.15) is 31.5 Å². The molecule has 10 rings (SSSR count). The standard InChI is InChI=1S/C39H42O14/c1-15-7-8-49-25(40)5-6-26(41)50-13-17-18-11-23-34(3,19-9-22(19)37(23,47)14-51-30(15)42)24-12-36(46)21-10-20(21)35(4)29(36)28(38(18,24)52-32(17)44)27-16(2)31(43)53-39(27,48)33(35)45/h7,19-24,33,45-48H,5-6,8-14H2,1-4H3/b15-7-. The predicted molar refractivity (Wildman–Crippen MR) is 174 cm³/mol. The lowest BCUT2D eigenvalue weighted by molar-refractivity contribution is -0.244. The molecule has 1 spiro atoms. The number of hydrogen-bond donors (Lipinski definition) is 4. The number of carbonyl (C=O) groups excluding carboxylic acids is 5. The average molecular weight is 735 g/mol. The van der Waals surface area contributed by atoms with Crippen LogP contribution in [0.4, 0.5) is 0 Å². The molecule has 10 aliphatic rings. The molecule has 53 heavy (non-hydrogen) atoms. The molecule has 0 aromatic rings. The van der Waals surface area contributed by atoms with Crippen LogP contribution in [0.5, 0.6) is 0 Å². The third-order valence-electron chi connectivity index (χ3n) is 15.6. The molecule has 14 heteroatoms. The van der Waals surface area contributed by atoms with Crippen LogP contribution >= 0.6 is 0 Å².